The van der Waals surface area contributed by atoms with E-state index in [1.807, 2.05) is 0 Å². The Balaban J connectivity index is 1.84. The number of nitrogens with one attached hydrogen (secondary N) is 1. The van der Waals surface area contributed by atoms with Gasteiger partial charge < -0.3 is 10.2 Å². The van der Waals surface area contributed by atoms with Crippen molar-refractivity contribution in [3.8, 4) is 0 Å². The highest BCUT2D eigenvalue weighted by molar-refractivity contribution is 5.23. The summed E-state index contributed by atoms with van der Waals surface area (Å²) >= 11 is 0. The molecule has 0 heterocycles. The highest BCUT2D eigenvalue weighted by Gasteiger charge is 2.16. The van der Waals surface area contributed by atoms with Gasteiger partial charge in [0.05, 0.1) is 0 Å². The highest BCUT2D eigenvalue weighted by atomic mass is 15.1. The Hall–Kier alpha value is -0.860. The second kappa shape index (κ2) is 7.42. The zero-order chi connectivity index (χ0) is 15.3. The molecule has 1 aromatic rings. The smallest absolute Gasteiger partial charge is 0.0230 e. The van der Waals surface area contributed by atoms with Crippen LogP contribution >= 0.6 is 0 Å². The average molecular weight is 288 g/mol. The molecule has 0 spiro atoms. The fourth-order valence-corrected chi connectivity index (χ4v) is 3.22. The van der Waals surface area contributed by atoms with Gasteiger partial charge in [0, 0.05) is 25.2 Å². The molecule has 0 unspecified atom stereocenters. The SMILES string of the molecule is CN(Cc1cccc(CNC(C)(C)C)c1)CC1CCCC1. The van der Waals surface area contributed by atoms with E-state index in [-0.39, 0.29) is 5.54 Å². The van der Waals surface area contributed by atoms with Gasteiger partial charge in [-0.2, -0.15) is 0 Å². The van der Waals surface area contributed by atoms with Crippen molar-refractivity contribution in [3.05, 3.63) is 35.4 Å². The zero-order valence-electron chi connectivity index (χ0n) is 14.3. The van der Waals surface area contributed by atoms with Gasteiger partial charge in [0.25, 0.3) is 0 Å². The van der Waals surface area contributed by atoms with Crippen molar-refractivity contribution >= 4 is 0 Å². The van der Waals surface area contributed by atoms with Crippen LogP contribution in [0.1, 0.15) is 57.6 Å². The van der Waals surface area contributed by atoms with Crippen LogP contribution in [-0.2, 0) is 13.1 Å². The van der Waals surface area contributed by atoms with Gasteiger partial charge in [-0.3, -0.25) is 0 Å². The molecule has 0 aliphatic heterocycles. The largest absolute Gasteiger partial charge is 0.308 e. The van der Waals surface area contributed by atoms with Crippen LogP contribution < -0.4 is 5.32 Å². The Bertz CT molecular complexity index is 427. The Morgan fingerprint density at radius 3 is 2.48 bits per heavy atom. The summed E-state index contributed by atoms with van der Waals surface area (Å²) in [5, 5.41) is 3.56. The molecule has 1 saturated carbocycles. The number of benzene rings is 1. The van der Waals surface area contributed by atoms with Crippen LogP contribution in [0.15, 0.2) is 24.3 Å². The topological polar surface area (TPSA) is 15.3 Å². The molecule has 118 valence electrons. The van der Waals surface area contributed by atoms with Crippen molar-refractivity contribution in [3.63, 3.8) is 0 Å². The maximum absolute atomic E-state index is 3.56. The van der Waals surface area contributed by atoms with E-state index in [1.54, 1.807) is 0 Å². The molecule has 1 N–H and O–H groups in total. The predicted molar refractivity (Wildman–Crippen MR) is 91.3 cm³/mol. The first-order chi connectivity index (χ1) is 9.92. The van der Waals surface area contributed by atoms with E-state index in [4.69, 9.17) is 0 Å². The number of hydrogen-bond donors (Lipinski definition) is 1. The fourth-order valence-electron chi connectivity index (χ4n) is 3.22. The molecule has 1 aromatic carbocycles. The van der Waals surface area contributed by atoms with E-state index in [1.165, 1.54) is 43.4 Å². The third kappa shape index (κ3) is 6.19. The lowest BCUT2D eigenvalue weighted by Gasteiger charge is -2.22. The molecule has 2 heteroatoms. The summed E-state index contributed by atoms with van der Waals surface area (Å²) in [6.07, 6.45) is 5.73. The predicted octanol–water partition coefficient (Wildman–Crippen LogP) is 4.20. The average Bonchev–Trinajstić information content (AvgIpc) is 2.88. The molecule has 0 bridgehead atoms. The summed E-state index contributed by atoms with van der Waals surface area (Å²) in [5.74, 6) is 0.931. The summed E-state index contributed by atoms with van der Waals surface area (Å²) in [4.78, 5) is 2.49. The Kier molecular flexibility index (Phi) is 5.83. The molecule has 0 aromatic heterocycles. The molecular weight excluding hydrogens is 256 g/mol. The van der Waals surface area contributed by atoms with Gasteiger partial charge in [-0.15, -0.1) is 0 Å². The van der Waals surface area contributed by atoms with Gasteiger partial charge in [0.1, 0.15) is 0 Å². The van der Waals surface area contributed by atoms with Crippen molar-refractivity contribution in [2.75, 3.05) is 13.6 Å². The summed E-state index contributed by atoms with van der Waals surface area (Å²) in [6.45, 7) is 9.92. The molecule has 0 atom stereocenters. The molecule has 0 radical (unpaired) electrons. The molecule has 0 saturated heterocycles. The molecular formula is C19H32N2. The van der Waals surface area contributed by atoms with Gasteiger partial charge in [0.2, 0.25) is 0 Å². The minimum Gasteiger partial charge on any atom is -0.308 e. The first kappa shape index (κ1) is 16.5. The minimum atomic E-state index is 0.176. The Labute approximate surface area is 130 Å². The Morgan fingerprint density at radius 1 is 1.14 bits per heavy atom. The molecule has 1 fully saturated rings. The van der Waals surface area contributed by atoms with Gasteiger partial charge in [0.15, 0.2) is 0 Å². The molecule has 1 aliphatic rings. The fraction of sp³-hybridized carbons (Fsp3) is 0.684. The van der Waals surface area contributed by atoms with Crippen LogP contribution in [0.3, 0.4) is 0 Å². The second-order valence-corrected chi connectivity index (χ2v) is 7.77. The molecule has 2 rings (SSSR count). The van der Waals surface area contributed by atoms with E-state index < -0.39 is 0 Å². The van der Waals surface area contributed by atoms with Crippen molar-refractivity contribution in [1.82, 2.24) is 10.2 Å². The summed E-state index contributed by atoms with van der Waals surface area (Å²) in [7, 11) is 2.26. The number of rotatable bonds is 6. The second-order valence-electron chi connectivity index (χ2n) is 7.77. The van der Waals surface area contributed by atoms with Crippen molar-refractivity contribution in [1.29, 1.82) is 0 Å². The lowest BCUT2D eigenvalue weighted by atomic mass is 10.1. The van der Waals surface area contributed by atoms with Crippen LogP contribution in [0.2, 0.25) is 0 Å². The summed E-state index contributed by atoms with van der Waals surface area (Å²) in [6, 6.07) is 9.02. The third-order valence-electron chi connectivity index (χ3n) is 4.31. The number of nitrogens with zero attached hydrogens (tertiary/aromatic N) is 1. The van der Waals surface area contributed by atoms with Crippen molar-refractivity contribution in [2.45, 2.75) is 65.1 Å². The van der Waals surface area contributed by atoms with Crippen LogP contribution in [0, 0.1) is 5.92 Å². The van der Waals surface area contributed by atoms with E-state index >= 15 is 0 Å². The van der Waals surface area contributed by atoms with Crippen LogP contribution in [0.5, 0.6) is 0 Å². The maximum Gasteiger partial charge on any atom is 0.0230 e. The molecule has 2 nitrogen and oxygen atoms in total. The molecule has 21 heavy (non-hydrogen) atoms. The van der Waals surface area contributed by atoms with Gasteiger partial charge in [-0.25, -0.2) is 0 Å². The van der Waals surface area contributed by atoms with Gasteiger partial charge >= 0.3 is 0 Å². The highest BCUT2D eigenvalue weighted by Crippen LogP contribution is 2.25. The van der Waals surface area contributed by atoms with E-state index in [0.717, 1.165) is 19.0 Å². The molecule has 1 aliphatic carbocycles. The first-order valence-electron chi connectivity index (χ1n) is 8.44. The van der Waals surface area contributed by atoms with Gasteiger partial charge in [-0.1, -0.05) is 37.1 Å². The van der Waals surface area contributed by atoms with Crippen LogP contribution in [0.25, 0.3) is 0 Å². The van der Waals surface area contributed by atoms with Crippen molar-refractivity contribution < 1.29 is 0 Å². The van der Waals surface area contributed by atoms with E-state index in [9.17, 15) is 0 Å². The lowest BCUT2D eigenvalue weighted by molar-refractivity contribution is 0.271. The Morgan fingerprint density at radius 2 is 1.81 bits per heavy atom. The van der Waals surface area contributed by atoms with Crippen molar-refractivity contribution in [2.24, 2.45) is 5.92 Å². The first-order valence-corrected chi connectivity index (χ1v) is 8.44. The summed E-state index contributed by atoms with van der Waals surface area (Å²) in [5.41, 5.74) is 3.00. The standard InChI is InChI=1S/C19H32N2/c1-19(2,3)20-13-17-10-7-11-18(12-17)15-21(4)14-16-8-5-6-9-16/h7,10-12,16,20H,5-6,8-9,13-15H2,1-4H3. The number of hydrogen-bond acceptors (Lipinski definition) is 2. The quantitative estimate of drug-likeness (QED) is 0.844. The zero-order valence-corrected chi connectivity index (χ0v) is 14.3. The van der Waals surface area contributed by atoms with E-state index in [2.05, 4.69) is 62.3 Å². The third-order valence-corrected chi connectivity index (χ3v) is 4.31. The monoisotopic (exact) mass is 288 g/mol. The lowest BCUT2D eigenvalue weighted by Crippen LogP contribution is -2.35. The van der Waals surface area contributed by atoms with Gasteiger partial charge in [-0.05, 0) is 57.7 Å². The maximum atomic E-state index is 3.56. The normalized spacial score (nSPS) is 16.8. The minimum absolute atomic E-state index is 0.176. The summed E-state index contributed by atoms with van der Waals surface area (Å²) < 4.78 is 0. The molecule has 0 amide bonds. The van der Waals surface area contributed by atoms with Crippen LogP contribution in [0.4, 0.5) is 0 Å². The van der Waals surface area contributed by atoms with Crippen LogP contribution in [-0.4, -0.2) is 24.0 Å². The van der Waals surface area contributed by atoms with E-state index in [0.29, 0.717) is 0 Å².